The van der Waals surface area contributed by atoms with Crippen molar-refractivity contribution < 1.29 is 0 Å². The summed E-state index contributed by atoms with van der Waals surface area (Å²) in [5.41, 5.74) is 1.02. The number of aromatic nitrogens is 2. The highest BCUT2D eigenvalue weighted by molar-refractivity contribution is 7.80. The molecule has 0 amide bonds. The van der Waals surface area contributed by atoms with E-state index in [1.54, 1.807) is 0 Å². The van der Waals surface area contributed by atoms with E-state index >= 15 is 0 Å². The lowest BCUT2D eigenvalue weighted by Crippen LogP contribution is -2.25. The Labute approximate surface area is 83.9 Å². The molecule has 0 radical (unpaired) electrons. The van der Waals surface area contributed by atoms with E-state index in [1.165, 1.54) is 0 Å². The molecule has 1 rings (SSSR count). The summed E-state index contributed by atoms with van der Waals surface area (Å²) in [5.74, 6) is 0.789. The SMILES string of the molecule is Cc1cc(NC(=S)C(C)(C)C)n[nH]1. The highest BCUT2D eigenvalue weighted by Gasteiger charge is 2.17. The number of rotatable bonds is 1. The van der Waals surface area contributed by atoms with Crippen LogP contribution >= 0.6 is 12.2 Å². The van der Waals surface area contributed by atoms with Gasteiger partial charge >= 0.3 is 0 Å². The summed E-state index contributed by atoms with van der Waals surface area (Å²) in [6, 6.07) is 1.93. The number of anilines is 1. The molecule has 72 valence electrons. The predicted octanol–water partition coefficient (Wildman–Crippen LogP) is 2.50. The third-order valence-corrected chi connectivity index (χ3v) is 2.34. The van der Waals surface area contributed by atoms with Gasteiger partial charge in [-0.25, -0.2) is 0 Å². The van der Waals surface area contributed by atoms with Crippen LogP contribution in [0.5, 0.6) is 0 Å². The summed E-state index contributed by atoms with van der Waals surface area (Å²) in [4.78, 5) is 0.805. The maximum absolute atomic E-state index is 5.22. The van der Waals surface area contributed by atoms with E-state index in [-0.39, 0.29) is 5.41 Å². The Balaban J connectivity index is 2.65. The van der Waals surface area contributed by atoms with Crippen molar-refractivity contribution in [2.45, 2.75) is 27.7 Å². The van der Waals surface area contributed by atoms with Gasteiger partial charge in [0.2, 0.25) is 0 Å². The average Bonchev–Trinajstić information content (AvgIpc) is 2.33. The molecule has 13 heavy (non-hydrogen) atoms. The van der Waals surface area contributed by atoms with E-state index in [4.69, 9.17) is 12.2 Å². The Morgan fingerprint density at radius 3 is 2.54 bits per heavy atom. The van der Waals surface area contributed by atoms with Crippen molar-refractivity contribution in [3.05, 3.63) is 11.8 Å². The summed E-state index contributed by atoms with van der Waals surface area (Å²) < 4.78 is 0. The lowest BCUT2D eigenvalue weighted by molar-refractivity contribution is 0.599. The smallest absolute Gasteiger partial charge is 0.152 e. The number of nitrogens with one attached hydrogen (secondary N) is 2. The Morgan fingerprint density at radius 2 is 2.15 bits per heavy atom. The van der Waals surface area contributed by atoms with Gasteiger partial charge in [-0.3, -0.25) is 5.10 Å². The average molecular weight is 197 g/mol. The topological polar surface area (TPSA) is 40.7 Å². The van der Waals surface area contributed by atoms with Crippen LogP contribution in [0.1, 0.15) is 26.5 Å². The molecular weight excluding hydrogens is 182 g/mol. The fourth-order valence-electron chi connectivity index (χ4n) is 0.786. The van der Waals surface area contributed by atoms with Crippen molar-refractivity contribution >= 4 is 23.0 Å². The quantitative estimate of drug-likeness (QED) is 0.680. The van der Waals surface area contributed by atoms with Crippen molar-refractivity contribution in [1.29, 1.82) is 0 Å². The third-order valence-electron chi connectivity index (χ3n) is 1.63. The molecular formula is C9H15N3S. The van der Waals surface area contributed by atoms with Crippen LogP contribution in [0, 0.1) is 12.3 Å². The molecule has 1 aromatic rings. The number of hydrogen-bond acceptors (Lipinski definition) is 2. The zero-order chi connectivity index (χ0) is 10.1. The van der Waals surface area contributed by atoms with Gasteiger partial charge in [0.25, 0.3) is 0 Å². The van der Waals surface area contributed by atoms with E-state index in [2.05, 4.69) is 36.3 Å². The van der Waals surface area contributed by atoms with Crippen molar-refractivity contribution in [3.8, 4) is 0 Å². The van der Waals surface area contributed by atoms with Crippen molar-refractivity contribution in [2.75, 3.05) is 5.32 Å². The zero-order valence-corrected chi connectivity index (χ0v) is 9.25. The fourth-order valence-corrected chi connectivity index (χ4v) is 0.890. The first kappa shape index (κ1) is 10.2. The van der Waals surface area contributed by atoms with Gasteiger partial charge in [0.05, 0.1) is 4.99 Å². The minimum absolute atomic E-state index is 0.0117. The van der Waals surface area contributed by atoms with Crippen LogP contribution in [-0.2, 0) is 0 Å². The standard InChI is InChI=1S/C9H15N3S/c1-6-5-7(12-11-6)10-8(13)9(2,3)4/h5H,1-4H3,(H2,10,11,12,13). The zero-order valence-electron chi connectivity index (χ0n) is 8.43. The highest BCUT2D eigenvalue weighted by atomic mass is 32.1. The van der Waals surface area contributed by atoms with Crippen molar-refractivity contribution in [1.82, 2.24) is 10.2 Å². The molecule has 1 aromatic heterocycles. The van der Waals surface area contributed by atoms with E-state index in [9.17, 15) is 0 Å². The summed E-state index contributed by atoms with van der Waals surface area (Å²) in [5, 5.41) is 9.99. The largest absolute Gasteiger partial charge is 0.333 e. The molecule has 0 aromatic carbocycles. The predicted molar refractivity (Wildman–Crippen MR) is 59.0 cm³/mol. The molecule has 1 heterocycles. The van der Waals surface area contributed by atoms with Crippen molar-refractivity contribution in [2.24, 2.45) is 5.41 Å². The molecule has 0 bridgehead atoms. The molecule has 0 aliphatic carbocycles. The molecule has 0 unspecified atom stereocenters. The van der Waals surface area contributed by atoms with Gasteiger partial charge in [-0.2, -0.15) is 5.10 Å². The summed E-state index contributed by atoms with van der Waals surface area (Å²) in [6.07, 6.45) is 0. The van der Waals surface area contributed by atoms with Gasteiger partial charge < -0.3 is 5.32 Å². The molecule has 2 N–H and O–H groups in total. The minimum atomic E-state index is -0.0117. The van der Waals surface area contributed by atoms with Gasteiger partial charge in [0, 0.05) is 17.2 Å². The van der Waals surface area contributed by atoms with Crippen LogP contribution in [0.4, 0.5) is 5.82 Å². The molecule has 3 nitrogen and oxygen atoms in total. The summed E-state index contributed by atoms with van der Waals surface area (Å²) in [7, 11) is 0. The van der Waals surface area contributed by atoms with Crippen LogP contribution in [0.2, 0.25) is 0 Å². The normalized spacial score (nSPS) is 11.4. The number of aryl methyl sites for hydroxylation is 1. The highest BCUT2D eigenvalue weighted by Crippen LogP contribution is 2.17. The lowest BCUT2D eigenvalue weighted by atomic mass is 9.97. The van der Waals surface area contributed by atoms with Gasteiger partial charge in [-0.1, -0.05) is 33.0 Å². The third kappa shape index (κ3) is 2.81. The number of hydrogen-bond donors (Lipinski definition) is 2. The Hall–Kier alpha value is -0.900. The first-order chi connectivity index (χ1) is 5.89. The van der Waals surface area contributed by atoms with E-state index < -0.39 is 0 Å². The van der Waals surface area contributed by atoms with Crippen LogP contribution in [-0.4, -0.2) is 15.2 Å². The number of H-pyrrole nitrogens is 1. The lowest BCUT2D eigenvalue weighted by Gasteiger charge is -2.19. The van der Waals surface area contributed by atoms with Crippen LogP contribution in [0.3, 0.4) is 0 Å². The summed E-state index contributed by atoms with van der Waals surface area (Å²) in [6.45, 7) is 8.17. The Kier molecular flexibility index (Phi) is 2.71. The molecule has 0 aliphatic rings. The fraction of sp³-hybridized carbons (Fsp3) is 0.556. The number of thiocarbonyl (C=S) groups is 1. The first-order valence-corrected chi connectivity index (χ1v) is 4.64. The second-order valence-electron chi connectivity index (χ2n) is 4.14. The molecule has 0 aliphatic heterocycles. The van der Waals surface area contributed by atoms with Crippen LogP contribution in [0.15, 0.2) is 6.07 Å². The number of aromatic amines is 1. The summed E-state index contributed by atoms with van der Waals surface area (Å²) >= 11 is 5.22. The molecule has 0 saturated carbocycles. The Morgan fingerprint density at radius 1 is 1.54 bits per heavy atom. The second-order valence-corrected chi connectivity index (χ2v) is 4.55. The molecule has 0 spiro atoms. The first-order valence-electron chi connectivity index (χ1n) is 4.23. The number of nitrogens with zero attached hydrogens (tertiary/aromatic N) is 1. The van der Waals surface area contributed by atoms with E-state index in [1.807, 2.05) is 13.0 Å². The van der Waals surface area contributed by atoms with Crippen LogP contribution < -0.4 is 5.32 Å². The molecule has 0 fully saturated rings. The molecule has 4 heteroatoms. The maximum Gasteiger partial charge on any atom is 0.152 e. The van der Waals surface area contributed by atoms with E-state index in [0.29, 0.717) is 0 Å². The second kappa shape index (κ2) is 3.46. The van der Waals surface area contributed by atoms with Gasteiger partial charge in [0.15, 0.2) is 5.82 Å². The minimum Gasteiger partial charge on any atom is -0.333 e. The monoisotopic (exact) mass is 197 g/mol. The molecule has 0 saturated heterocycles. The molecule has 0 atom stereocenters. The van der Waals surface area contributed by atoms with Gasteiger partial charge in [-0.15, -0.1) is 0 Å². The van der Waals surface area contributed by atoms with Gasteiger partial charge in [-0.05, 0) is 6.92 Å². The van der Waals surface area contributed by atoms with Crippen LogP contribution in [0.25, 0.3) is 0 Å². The Bertz CT molecular complexity index is 309. The van der Waals surface area contributed by atoms with Gasteiger partial charge in [0.1, 0.15) is 0 Å². The maximum atomic E-state index is 5.22. The van der Waals surface area contributed by atoms with E-state index in [0.717, 1.165) is 16.5 Å². The van der Waals surface area contributed by atoms with Crippen molar-refractivity contribution in [3.63, 3.8) is 0 Å².